The Morgan fingerprint density at radius 2 is 1.88 bits per heavy atom. The highest BCUT2D eigenvalue weighted by Gasteiger charge is 2.14. The van der Waals surface area contributed by atoms with E-state index in [4.69, 9.17) is 4.74 Å². The van der Waals surface area contributed by atoms with Gasteiger partial charge in [0.25, 0.3) is 0 Å². The first-order valence-electron chi connectivity index (χ1n) is 6.03. The summed E-state index contributed by atoms with van der Waals surface area (Å²) in [4.78, 5) is 0. The van der Waals surface area contributed by atoms with Crippen LogP contribution < -0.4 is 5.32 Å². The molecule has 0 aliphatic heterocycles. The molecular formula is C14H23NO2. The second-order valence-corrected chi connectivity index (χ2v) is 5.17. The summed E-state index contributed by atoms with van der Waals surface area (Å²) in [7, 11) is 0. The molecule has 3 heteroatoms. The first kappa shape index (κ1) is 14.2. The maximum Gasteiger partial charge on any atom is 0.0649 e. The fourth-order valence-corrected chi connectivity index (χ4v) is 1.38. The van der Waals surface area contributed by atoms with Crippen molar-refractivity contribution in [1.29, 1.82) is 0 Å². The molecule has 0 unspecified atom stereocenters. The van der Waals surface area contributed by atoms with Gasteiger partial charge in [-0.2, -0.15) is 0 Å². The minimum absolute atomic E-state index is 0.0190. The van der Waals surface area contributed by atoms with Crippen LogP contribution in [0.15, 0.2) is 30.3 Å². The smallest absolute Gasteiger partial charge is 0.0649 e. The number of nitrogens with one attached hydrogen (secondary N) is 1. The Bertz CT molecular complexity index is 306. The van der Waals surface area contributed by atoms with Gasteiger partial charge < -0.3 is 15.2 Å². The highest BCUT2D eigenvalue weighted by Crippen LogP contribution is 2.07. The molecule has 17 heavy (non-hydrogen) atoms. The van der Waals surface area contributed by atoms with Crippen LogP contribution in [0, 0.1) is 0 Å². The van der Waals surface area contributed by atoms with E-state index >= 15 is 0 Å². The molecule has 0 aliphatic rings. The molecule has 0 aliphatic carbocycles. The quantitative estimate of drug-likeness (QED) is 0.794. The lowest BCUT2D eigenvalue weighted by atomic mass is 10.2. The molecule has 0 aromatic heterocycles. The fraction of sp³-hybridized carbons (Fsp3) is 0.571. The van der Waals surface area contributed by atoms with Crippen LogP contribution in [0.2, 0.25) is 0 Å². The van der Waals surface area contributed by atoms with E-state index in [1.165, 1.54) is 5.56 Å². The topological polar surface area (TPSA) is 41.5 Å². The predicted octanol–water partition coefficient (Wildman–Crippen LogP) is 1.95. The van der Waals surface area contributed by atoms with Crippen LogP contribution in [-0.2, 0) is 11.3 Å². The Morgan fingerprint density at radius 3 is 2.41 bits per heavy atom. The number of hydrogen-bond donors (Lipinski definition) is 2. The number of aliphatic hydroxyl groups excluding tert-OH is 1. The zero-order valence-electron chi connectivity index (χ0n) is 10.9. The number of ether oxygens (including phenoxy) is 1. The normalized spacial score (nSPS) is 13.6. The van der Waals surface area contributed by atoms with E-state index in [1.54, 1.807) is 0 Å². The lowest BCUT2D eigenvalue weighted by molar-refractivity contribution is -0.0215. The molecule has 0 heterocycles. The standard InChI is InChI=1S/C14H23NO2/c1-14(2,3)17-11-13(10-16)15-9-12-7-5-4-6-8-12/h4-8,13,15-16H,9-11H2,1-3H3/t13-/m1/s1. The van der Waals surface area contributed by atoms with Crippen molar-refractivity contribution < 1.29 is 9.84 Å². The maximum atomic E-state index is 9.26. The Labute approximate surface area is 104 Å². The van der Waals surface area contributed by atoms with Gasteiger partial charge in [0.2, 0.25) is 0 Å². The van der Waals surface area contributed by atoms with Gasteiger partial charge in [-0.15, -0.1) is 0 Å². The summed E-state index contributed by atoms with van der Waals surface area (Å²) in [5.41, 5.74) is 1.05. The monoisotopic (exact) mass is 237 g/mol. The fourth-order valence-electron chi connectivity index (χ4n) is 1.38. The first-order valence-corrected chi connectivity index (χ1v) is 6.03. The summed E-state index contributed by atoms with van der Waals surface area (Å²) in [6, 6.07) is 10.1. The molecule has 0 fully saturated rings. The summed E-state index contributed by atoms with van der Waals surface area (Å²) in [6.45, 7) is 7.39. The minimum Gasteiger partial charge on any atom is -0.395 e. The van der Waals surface area contributed by atoms with Crippen molar-refractivity contribution in [1.82, 2.24) is 5.32 Å². The van der Waals surface area contributed by atoms with E-state index < -0.39 is 0 Å². The largest absolute Gasteiger partial charge is 0.395 e. The van der Waals surface area contributed by atoms with E-state index in [9.17, 15) is 5.11 Å². The van der Waals surface area contributed by atoms with E-state index in [0.29, 0.717) is 6.61 Å². The van der Waals surface area contributed by atoms with Gasteiger partial charge in [-0.3, -0.25) is 0 Å². The van der Waals surface area contributed by atoms with Crippen molar-refractivity contribution in [2.24, 2.45) is 0 Å². The second kappa shape index (κ2) is 6.74. The highest BCUT2D eigenvalue weighted by atomic mass is 16.5. The van der Waals surface area contributed by atoms with E-state index in [-0.39, 0.29) is 18.2 Å². The minimum atomic E-state index is -0.165. The Hall–Kier alpha value is -0.900. The Kier molecular flexibility index (Phi) is 5.62. The molecule has 2 N–H and O–H groups in total. The molecule has 0 bridgehead atoms. The third-order valence-electron chi connectivity index (χ3n) is 2.38. The zero-order chi connectivity index (χ0) is 12.7. The SMILES string of the molecule is CC(C)(C)OC[C@@H](CO)NCc1ccccc1. The van der Waals surface area contributed by atoms with Crippen LogP contribution in [0.3, 0.4) is 0 Å². The highest BCUT2D eigenvalue weighted by molar-refractivity contribution is 5.14. The molecule has 0 amide bonds. The van der Waals surface area contributed by atoms with E-state index in [0.717, 1.165) is 6.54 Å². The zero-order valence-corrected chi connectivity index (χ0v) is 10.9. The predicted molar refractivity (Wildman–Crippen MR) is 69.9 cm³/mol. The third-order valence-corrected chi connectivity index (χ3v) is 2.38. The van der Waals surface area contributed by atoms with Gasteiger partial charge in [0, 0.05) is 6.54 Å². The van der Waals surface area contributed by atoms with Crippen molar-refractivity contribution in [3.8, 4) is 0 Å². The molecule has 1 aromatic rings. The number of rotatable bonds is 6. The van der Waals surface area contributed by atoms with E-state index in [1.807, 2.05) is 39.0 Å². The third kappa shape index (κ3) is 6.41. The summed E-state index contributed by atoms with van der Waals surface area (Å²) >= 11 is 0. The van der Waals surface area contributed by atoms with Crippen LogP contribution >= 0.6 is 0 Å². The van der Waals surface area contributed by atoms with Gasteiger partial charge in [-0.1, -0.05) is 30.3 Å². The average molecular weight is 237 g/mol. The van der Waals surface area contributed by atoms with Crippen LogP contribution in [0.4, 0.5) is 0 Å². The lowest BCUT2D eigenvalue weighted by Gasteiger charge is -2.24. The number of hydrogen-bond acceptors (Lipinski definition) is 3. The second-order valence-electron chi connectivity index (χ2n) is 5.17. The lowest BCUT2D eigenvalue weighted by Crippen LogP contribution is -2.38. The van der Waals surface area contributed by atoms with Crippen molar-refractivity contribution in [3.63, 3.8) is 0 Å². The van der Waals surface area contributed by atoms with Gasteiger partial charge in [-0.25, -0.2) is 0 Å². The summed E-state index contributed by atoms with van der Waals surface area (Å²) in [5, 5.41) is 12.5. The van der Waals surface area contributed by atoms with Crippen LogP contribution in [0.5, 0.6) is 0 Å². The van der Waals surface area contributed by atoms with Gasteiger partial charge >= 0.3 is 0 Å². The van der Waals surface area contributed by atoms with Crippen LogP contribution in [0.25, 0.3) is 0 Å². The molecule has 0 spiro atoms. The summed E-state index contributed by atoms with van der Waals surface area (Å²) in [5.74, 6) is 0. The molecule has 1 atom stereocenters. The van der Waals surface area contributed by atoms with Crippen LogP contribution in [0.1, 0.15) is 26.3 Å². The molecule has 3 nitrogen and oxygen atoms in total. The number of benzene rings is 1. The van der Waals surface area contributed by atoms with Crippen molar-refractivity contribution in [2.45, 2.75) is 39.0 Å². The van der Waals surface area contributed by atoms with Crippen molar-refractivity contribution >= 4 is 0 Å². The van der Waals surface area contributed by atoms with E-state index in [2.05, 4.69) is 17.4 Å². The van der Waals surface area contributed by atoms with Crippen molar-refractivity contribution in [2.75, 3.05) is 13.2 Å². The summed E-state index contributed by atoms with van der Waals surface area (Å²) in [6.07, 6.45) is 0. The molecule has 96 valence electrons. The Balaban J connectivity index is 2.33. The van der Waals surface area contributed by atoms with Crippen LogP contribution in [-0.4, -0.2) is 30.0 Å². The maximum absolute atomic E-state index is 9.26. The molecule has 0 saturated heterocycles. The van der Waals surface area contributed by atoms with Gasteiger partial charge in [-0.05, 0) is 26.3 Å². The molecular weight excluding hydrogens is 214 g/mol. The van der Waals surface area contributed by atoms with Gasteiger partial charge in [0.1, 0.15) is 0 Å². The summed E-state index contributed by atoms with van der Waals surface area (Å²) < 4.78 is 5.65. The van der Waals surface area contributed by atoms with Gasteiger partial charge in [0.15, 0.2) is 0 Å². The Morgan fingerprint density at radius 1 is 1.24 bits per heavy atom. The van der Waals surface area contributed by atoms with Crippen molar-refractivity contribution in [3.05, 3.63) is 35.9 Å². The molecule has 0 saturated carbocycles. The molecule has 1 aromatic carbocycles. The average Bonchev–Trinajstić information content (AvgIpc) is 2.29. The molecule has 1 rings (SSSR count). The first-order chi connectivity index (χ1) is 8.01. The molecule has 0 radical (unpaired) electrons. The van der Waals surface area contributed by atoms with Gasteiger partial charge in [0.05, 0.1) is 24.9 Å². The number of aliphatic hydroxyl groups is 1.